The third-order valence-electron chi connectivity index (χ3n) is 2.07. The topological polar surface area (TPSA) is 43.4 Å². The molecular formula is C6F4O3. The molecule has 3 nitrogen and oxygen atoms in total. The molecule has 2 rings (SSSR count). The number of cyclic esters (lactones) is 2. The fourth-order valence-corrected chi connectivity index (χ4v) is 1.25. The van der Waals surface area contributed by atoms with Crippen LogP contribution in [0.25, 0.3) is 0 Å². The number of carbonyl (C=O) groups is 2. The van der Waals surface area contributed by atoms with Gasteiger partial charge in [-0.15, -0.1) is 0 Å². The van der Waals surface area contributed by atoms with E-state index in [9.17, 15) is 27.2 Å². The van der Waals surface area contributed by atoms with Gasteiger partial charge in [-0.05, 0) is 0 Å². The predicted molar refractivity (Wildman–Crippen MR) is 27.7 cm³/mol. The Morgan fingerprint density at radius 2 is 1.46 bits per heavy atom. The Morgan fingerprint density at radius 3 is 1.69 bits per heavy atom. The number of ether oxygens (including phenoxy) is 1. The summed E-state index contributed by atoms with van der Waals surface area (Å²) in [7, 11) is 0. The summed E-state index contributed by atoms with van der Waals surface area (Å²) in [5.74, 6) is -12.3. The standard InChI is InChI=1S/C6F4O3/c7-1-2(8)6(9,10)5(1)3(11)13-4(5)12. The molecule has 70 valence electrons. The number of esters is 2. The highest BCUT2D eigenvalue weighted by Gasteiger charge is 2.86. The minimum Gasteiger partial charge on any atom is -0.390 e. The zero-order valence-electron chi connectivity index (χ0n) is 5.74. The lowest BCUT2D eigenvalue weighted by Gasteiger charge is -2.45. The van der Waals surface area contributed by atoms with Crippen molar-refractivity contribution in [2.24, 2.45) is 5.41 Å². The molecule has 1 aliphatic carbocycles. The first-order valence-electron chi connectivity index (χ1n) is 3.07. The lowest BCUT2D eigenvalue weighted by atomic mass is 9.67. The molecule has 0 saturated carbocycles. The molecule has 13 heavy (non-hydrogen) atoms. The summed E-state index contributed by atoms with van der Waals surface area (Å²) in [6.45, 7) is 0. The van der Waals surface area contributed by atoms with Crippen LogP contribution in [0, 0.1) is 5.41 Å². The largest absolute Gasteiger partial charge is 0.390 e. The van der Waals surface area contributed by atoms with Crippen LogP contribution in [0.4, 0.5) is 17.6 Å². The molecule has 0 bridgehead atoms. The van der Waals surface area contributed by atoms with E-state index in [1.54, 1.807) is 0 Å². The highest BCUT2D eigenvalue weighted by Crippen LogP contribution is 2.63. The highest BCUT2D eigenvalue weighted by molar-refractivity contribution is 6.19. The molecule has 1 spiro atoms. The molecule has 0 radical (unpaired) electrons. The molecule has 2 aliphatic rings. The van der Waals surface area contributed by atoms with Gasteiger partial charge in [-0.25, -0.2) is 18.4 Å². The number of hydrogen-bond acceptors (Lipinski definition) is 3. The molecule has 0 atom stereocenters. The van der Waals surface area contributed by atoms with E-state index in [1.165, 1.54) is 0 Å². The number of alkyl halides is 2. The lowest BCUT2D eigenvalue weighted by molar-refractivity contribution is -0.231. The molecule has 1 fully saturated rings. The first-order chi connectivity index (χ1) is 5.86. The second kappa shape index (κ2) is 1.75. The van der Waals surface area contributed by atoms with Crippen molar-refractivity contribution in [3.05, 3.63) is 11.7 Å². The molecule has 1 heterocycles. The maximum absolute atomic E-state index is 12.6. The molecule has 0 amide bonds. The van der Waals surface area contributed by atoms with Crippen molar-refractivity contribution in [1.82, 2.24) is 0 Å². The Hall–Kier alpha value is -1.40. The number of carbonyl (C=O) groups excluding carboxylic acids is 2. The Morgan fingerprint density at radius 1 is 1.00 bits per heavy atom. The summed E-state index contributed by atoms with van der Waals surface area (Å²) < 4.78 is 53.4. The van der Waals surface area contributed by atoms with Crippen LogP contribution in [0.3, 0.4) is 0 Å². The van der Waals surface area contributed by atoms with E-state index in [4.69, 9.17) is 0 Å². The van der Waals surface area contributed by atoms with E-state index in [0.29, 0.717) is 0 Å². The van der Waals surface area contributed by atoms with Crippen LogP contribution in [-0.4, -0.2) is 17.9 Å². The summed E-state index contributed by atoms with van der Waals surface area (Å²) in [6.07, 6.45) is 0. The zero-order valence-corrected chi connectivity index (χ0v) is 5.74. The molecule has 0 unspecified atom stereocenters. The predicted octanol–water partition coefficient (Wildman–Crippen LogP) is 0.856. The van der Waals surface area contributed by atoms with Gasteiger partial charge in [0.05, 0.1) is 0 Å². The van der Waals surface area contributed by atoms with E-state index in [0.717, 1.165) is 0 Å². The maximum Gasteiger partial charge on any atom is 0.345 e. The van der Waals surface area contributed by atoms with Gasteiger partial charge in [-0.2, -0.15) is 8.78 Å². The van der Waals surface area contributed by atoms with E-state index < -0.39 is 34.9 Å². The molecule has 1 aliphatic heterocycles. The van der Waals surface area contributed by atoms with Gasteiger partial charge >= 0.3 is 17.9 Å². The fraction of sp³-hybridized carbons (Fsp3) is 0.333. The van der Waals surface area contributed by atoms with Crippen molar-refractivity contribution < 1.29 is 31.9 Å². The number of rotatable bonds is 0. The summed E-state index contributed by atoms with van der Waals surface area (Å²) in [6, 6.07) is 0. The first kappa shape index (κ1) is 8.21. The zero-order chi connectivity index (χ0) is 10.0. The fourth-order valence-electron chi connectivity index (χ4n) is 1.25. The Bertz CT molecular complexity index is 356. The Kier molecular flexibility index (Phi) is 1.11. The van der Waals surface area contributed by atoms with E-state index >= 15 is 0 Å². The van der Waals surface area contributed by atoms with Crippen LogP contribution in [0.5, 0.6) is 0 Å². The first-order valence-corrected chi connectivity index (χ1v) is 3.07. The van der Waals surface area contributed by atoms with Crippen molar-refractivity contribution in [3.63, 3.8) is 0 Å². The second-order valence-electron chi connectivity index (χ2n) is 2.63. The van der Waals surface area contributed by atoms with Gasteiger partial charge in [-0.3, -0.25) is 0 Å². The summed E-state index contributed by atoms with van der Waals surface area (Å²) >= 11 is 0. The monoisotopic (exact) mass is 196 g/mol. The average Bonchev–Trinajstić information content (AvgIpc) is 2.03. The quantitative estimate of drug-likeness (QED) is 0.327. The van der Waals surface area contributed by atoms with Gasteiger partial charge in [0.15, 0.2) is 5.83 Å². The molecule has 0 N–H and O–H groups in total. The van der Waals surface area contributed by atoms with Gasteiger partial charge in [0.2, 0.25) is 5.83 Å². The van der Waals surface area contributed by atoms with Gasteiger partial charge < -0.3 is 4.74 Å². The maximum atomic E-state index is 12.6. The minimum atomic E-state index is -4.40. The van der Waals surface area contributed by atoms with Gasteiger partial charge in [0.1, 0.15) is 0 Å². The number of halogens is 4. The normalized spacial score (nSPS) is 28.3. The van der Waals surface area contributed by atoms with Gasteiger partial charge in [0, 0.05) is 0 Å². The lowest BCUT2D eigenvalue weighted by Crippen LogP contribution is -2.69. The average molecular weight is 196 g/mol. The van der Waals surface area contributed by atoms with Crippen LogP contribution >= 0.6 is 0 Å². The van der Waals surface area contributed by atoms with Gasteiger partial charge in [0.25, 0.3) is 5.41 Å². The smallest absolute Gasteiger partial charge is 0.345 e. The van der Waals surface area contributed by atoms with Crippen molar-refractivity contribution in [2.75, 3.05) is 0 Å². The summed E-state index contributed by atoms with van der Waals surface area (Å²) in [5, 5.41) is 0. The summed E-state index contributed by atoms with van der Waals surface area (Å²) in [4.78, 5) is 20.9. The third-order valence-corrected chi connectivity index (χ3v) is 2.07. The van der Waals surface area contributed by atoms with Crippen molar-refractivity contribution in [1.29, 1.82) is 0 Å². The van der Waals surface area contributed by atoms with Crippen molar-refractivity contribution >= 4 is 11.9 Å². The molecule has 0 aromatic rings. The van der Waals surface area contributed by atoms with Crippen LogP contribution in [-0.2, 0) is 14.3 Å². The Labute approximate surface area is 68.0 Å². The Balaban J connectivity index is 2.60. The molecule has 7 heteroatoms. The van der Waals surface area contributed by atoms with Crippen LogP contribution in [0.1, 0.15) is 0 Å². The highest BCUT2D eigenvalue weighted by atomic mass is 19.3. The molecule has 0 aromatic heterocycles. The molecule has 1 saturated heterocycles. The molecular weight excluding hydrogens is 196 g/mol. The number of allylic oxidation sites excluding steroid dienone is 1. The van der Waals surface area contributed by atoms with Crippen molar-refractivity contribution in [2.45, 2.75) is 5.92 Å². The SMILES string of the molecule is O=C1OC(=O)C12C(F)=C(F)C2(F)F. The van der Waals surface area contributed by atoms with Crippen LogP contribution in [0.2, 0.25) is 0 Å². The molecule has 0 aromatic carbocycles. The van der Waals surface area contributed by atoms with E-state index in [1.807, 2.05) is 0 Å². The van der Waals surface area contributed by atoms with Crippen LogP contribution in [0.15, 0.2) is 11.7 Å². The van der Waals surface area contributed by atoms with E-state index in [2.05, 4.69) is 4.74 Å². The van der Waals surface area contributed by atoms with Gasteiger partial charge in [-0.1, -0.05) is 0 Å². The van der Waals surface area contributed by atoms with Crippen molar-refractivity contribution in [3.8, 4) is 0 Å². The second-order valence-corrected chi connectivity index (χ2v) is 2.63. The number of hydrogen-bond donors (Lipinski definition) is 0. The van der Waals surface area contributed by atoms with Crippen LogP contribution < -0.4 is 0 Å². The van der Waals surface area contributed by atoms with E-state index in [-0.39, 0.29) is 0 Å². The minimum absolute atomic E-state index is 1.75. The summed E-state index contributed by atoms with van der Waals surface area (Å²) in [5.41, 5.74) is -3.31. The third kappa shape index (κ3) is 0.500.